The third-order valence-electron chi connectivity index (χ3n) is 7.94. The van der Waals surface area contributed by atoms with Crippen molar-refractivity contribution in [3.05, 3.63) is 11.6 Å². The molecule has 4 aliphatic carbocycles. The van der Waals surface area contributed by atoms with Gasteiger partial charge in [-0.3, -0.25) is 9.35 Å². The first-order chi connectivity index (χ1) is 14.7. The van der Waals surface area contributed by atoms with E-state index < -0.39 is 10.1 Å². The van der Waals surface area contributed by atoms with Crippen LogP contribution in [0.2, 0.25) is 0 Å². The van der Waals surface area contributed by atoms with Crippen LogP contribution in [0.15, 0.2) is 11.6 Å². The average molecular weight is 455 g/mol. The highest BCUT2D eigenvalue weighted by atomic mass is 32.2. The Hall–Kier alpha value is -0.880. The second kappa shape index (κ2) is 10.8. The summed E-state index contributed by atoms with van der Waals surface area (Å²) in [4.78, 5) is 13.0. The van der Waals surface area contributed by atoms with Crippen LogP contribution in [0.1, 0.15) is 97.3 Å². The number of ether oxygens (including phenoxy) is 1. The summed E-state index contributed by atoms with van der Waals surface area (Å²) in [7, 11) is -4.10. The highest BCUT2D eigenvalue weighted by Gasteiger charge is 2.59. The Balaban J connectivity index is 1.51. The molecule has 31 heavy (non-hydrogen) atoms. The summed E-state index contributed by atoms with van der Waals surface area (Å²) in [6.07, 6.45) is 15.8. The Kier molecular flexibility index (Phi) is 8.65. The molecule has 3 unspecified atom stereocenters. The van der Waals surface area contributed by atoms with Crippen molar-refractivity contribution in [1.82, 2.24) is 0 Å². The zero-order valence-electron chi connectivity index (χ0n) is 19.5. The van der Waals surface area contributed by atoms with E-state index in [9.17, 15) is 17.8 Å². The van der Waals surface area contributed by atoms with Crippen molar-refractivity contribution >= 4 is 16.1 Å². The molecule has 0 radical (unpaired) electrons. The van der Waals surface area contributed by atoms with Gasteiger partial charge in [0.15, 0.2) is 0 Å². The van der Waals surface area contributed by atoms with E-state index in [1.54, 1.807) is 0 Å². The van der Waals surface area contributed by atoms with Crippen LogP contribution in [0.25, 0.3) is 0 Å². The van der Waals surface area contributed by atoms with Crippen molar-refractivity contribution in [2.45, 2.75) is 97.3 Å². The van der Waals surface area contributed by atoms with E-state index in [1.807, 2.05) is 0 Å². The average Bonchev–Trinajstić information content (AvgIpc) is 3.13. The Morgan fingerprint density at radius 3 is 2.35 bits per heavy atom. The van der Waals surface area contributed by atoms with Crippen molar-refractivity contribution in [3.63, 3.8) is 0 Å². The van der Waals surface area contributed by atoms with Crippen LogP contribution in [0.4, 0.5) is 0 Å². The minimum atomic E-state index is -4.10. The van der Waals surface area contributed by atoms with Gasteiger partial charge in [-0.1, -0.05) is 38.3 Å². The van der Waals surface area contributed by atoms with Crippen LogP contribution >= 0.6 is 0 Å². The number of esters is 1. The van der Waals surface area contributed by atoms with Gasteiger partial charge in [0.25, 0.3) is 10.1 Å². The number of hydrogen-bond acceptors (Lipinski definition) is 4. The smallest absolute Gasteiger partial charge is 0.312 e. The maximum Gasteiger partial charge on any atom is 0.312 e. The van der Waals surface area contributed by atoms with Crippen LogP contribution in [-0.4, -0.2) is 31.3 Å². The molecule has 3 atom stereocenters. The summed E-state index contributed by atoms with van der Waals surface area (Å²) in [6, 6.07) is 0. The Morgan fingerprint density at radius 1 is 1.10 bits per heavy atom. The van der Waals surface area contributed by atoms with Crippen LogP contribution in [-0.2, 0) is 19.6 Å². The zero-order chi connectivity index (χ0) is 22.5. The number of allylic oxidation sites excluding steroid dienone is 2. The molecule has 5 nitrogen and oxygen atoms in total. The summed E-state index contributed by atoms with van der Waals surface area (Å²) in [5, 5.41) is 0. The fourth-order valence-electron chi connectivity index (χ4n) is 6.62. The van der Waals surface area contributed by atoms with Crippen LogP contribution in [0.3, 0.4) is 0 Å². The van der Waals surface area contributed by atoms with Gasteiger partial charge in [0.2, 0.25) is 0 Å². The first-order valence-corrected chi connectivity index (χ1v) is 14.2. The minimum absolute atomic E-state index is 0.101. The lowest BCUT2D eigenvalue weighted by Gasteiger charge is -2.36. The molecule has 0 spiro atoms. The van der Waals surface area contributed by atoms with Crippen molar-refractivity contribution in [2.24, 2.45) is 29.1 Å². The van der Waals surface area contributed by atoms with Crippen LogP contribution in [0, 0.1) is 29.1 Å². The van der Waals surface area contributed by atoms with Crippen molar-refractivity contribution < 1.29 is 22.5 Å². The van der Waals surface area contributed by atoms with Gasteiger partial charge in [-0.2, -0.15) is 8.42 Å². The number of carbonyl (C=O) groups excluding carboxylic acids is 1. The van der Waals surface area contributed by atoms with Crippen molar-refractivity contribution in [2.75, 3.05) is 12.4 Å². The molecule has 6 heteroatoms. The first kappa shape index (κ1) is 24.8. The molecule has 4 rings (SSSR count). The van der Waals surface area contributed by atoms with Gasteiger partial charge >= 0.3 is 5.97 Å². The van der Waals surface area contributed by atoms with Gasteiger partial charge in [-0.05, 0) is 88.4 Å². The summed E-state index contributed by atoms with van der Waals surface area (Å²) in [5.41, 5.74) is 1.14. The van der Waals surface area contributed by atoms with E-state index >= 15 is 0 Å². The van der Waals surface area contributed by atoms with E-state index in [2.05, 4.69) is 19.9 Å². The van der Waals surface area contributed by atoms with E-state index in [1.165, 1.54) is 24.8 Å². The second-order valence-corrected chi connectivity index (χ2v) is 12.1. The lowest BCUT2D eigenvalue weighted by molar-refractivity contribution is -0.160. The van der Waals surface area contributed by atoms with E-state index in [-0.39, 0.29) is 29.7 Å². The normalized spacial score (nSPS) is 30.7. The van der Waals surface area contributed by atoms with Crippen molar-refractivity contribution in [1.29, 1.82) is 0 Å². The minimum Gasteiger partial charge on any atom is -0.465 e. The molecule has 0 amide bonds. The fraction of sp³-hybridized carbons (Fsp3) is 0.880. The van der Waals surface area contributed by atoms with E-state index in [0.29, 0.717) is 24.2 Å². The first-order valence-electron chi connectivity index (χ1n) is 12.5. The molecule has 0 aromatic rings. The van der Waals surface area contributed by atoms with E-state index in [4.69, 9.17) is 4.74 Å². The molecule has 0 aliphatic heterocycles. The summed E-state index contributed by atoms with van der Waals surface area (Å²) >= 11 is 0. The van der Waals surface area contributed by atoms with E-state index in [0.717, 1.165) is 57.8 Å². The molecule has 4 fully saturated rings. The Bertz CT molecular complexity index is 722. The quantitative estimate of drug-likeness (QED) is 0.199. The molecule has 4 bridgehead atoms. The van der Waals surface area contributed by atoms with Gasteiger partial charge in [0, 0.05) is 5.92 Å². The van der Waals surface area contributed by atoms with Gasteiger partial charge < -0.3 is 4.74 Å². The van der Waals surface area contributed by atoms with Gasteiger partial charge in [-0.25, -0.2) is 0 Å². The predicted molar refractivity (Wildman–Crippen MR) is 123 cm³/mol. The second-order valence-electron chi connectivity index (χ2n) is 10.6. The maximum absolute atomic E-state index is 13.0. The topological polar surface area (TPSA) is 80.7 Å². The molecule has 4 saturated carbocycles. The number of rotatable bonds is 14. The molecule has 0 aromatic carbocycles. The predicted octanol–water partition coefficient (Wildman–Crippen LogP) is 5.95. The standard InChI is InChI=1S/C25H42O5S/c1-3-5-8-19(9-6-4-2)10-7-11-20(18-31(27,28)29)17-30-24(26)25-14-21-12-22(15-25)23(13-21)16-25/h8,20-23H,3-7,9-18H2,1-2H3,(H,27,28,29)/b19-8-. The monoisotopic (exact) mass is 454 g/mol. The maximum atomic E-state index is 13.0. The molecule has 0 heterocycles. The number of unbranched alkanes of at least 4 members (excludes halogenated alkanes) is 2. The summed E-state index contributed by atoms with van der Waals surface area (Å²) in [5.74, 6) is 1.27. The molecule has 178 valence electrons. The fourth-order valence-corrected chi connectivity index (χ4v) is 7.48. The SMILES string of the molecule is CCC/C=C(/CCCC)CCCC(COC(=O)C12CC3CC(C1)C(C3)C2)CS(=O)(=O)O. The largest absolute Gasteiger partial charge is 0.465 e. The van der Waals surface area contributed by atoms with Crippen LogP contribution in [0.5, 0.6) is 0 Å². The zero-order valence-corrected chi connectivity index (χ0v) is 20.3. The summed E-state index contributed by atoms with van der Waals surface area (Å²) < 4.78 is 38.2. The molecular formula is C25H42O5S. The number of carbonyl (C=O) groups is 1. The lowest BCUT2D eigenvalue weighted by Crippen LogP contribution is -2.37. The highest BCUT2D eigenvalue weighted by Crippen LogP contribution is 2.64. The third-order valence-corrected chi connectivity index (χ3v) is 8.83. The molecule has 0 saturated heterocycles. The molecule has 1 N–H and O–H groups in total. The van der Waals surface area contributed by atoms with Gasteiger partial charge in [-0.15, -0.1) is 0 Å². The lowest BCUT2D eigenvalue weighted by atomic mass is 9.69. The summed E-state index contributed by atoms with van der Waals surface area (Å²) in [6.45, 7) is 4.46. The molecule has 4 aliphatic rings. The van der Waals surface area contributed by atoms with Gasteiger partial charge in [0.05, 0.1) is 17.8 Å². The molecular weight excluding hydrogens is 412 g/mol. The van der Waals surface area contributed by atoms with Crippen molar-refractivity contribution in [3.8, 4) is 0 Å². The Labute approximate surface area is 189 Å². The Morgan fingerprint density at radius 2 is 1.77 bits per heavy atom. The highest BCUT2D eigenvalue weighted by molar-refractivity contribution is 7.85. The third kappa shape index (κ3) is 6.80. The number of hydrogen-bond donors (Lipinski definition) is 1. The van der Waals surface area contributed by atoms with Gasteiger partial charge in [0.1, 0.15) is 0 Å². The van der Waals surface area contributed by atoms with Crippen LogP contribution < -0.4 is 0 Å². The molecule has 0 aromatic heterocycles.